The van der Waals surface area contributed by atoms with Gasteiger partial charge in [-0.05, 0) is 12.8 Å². The molecule has 4 rings (SSSR count). The van der Waals surface area contributed by atoms with E-state index in [1.165, 1.54) is 22.1 Å². The van der Waals surface area contributed by atoms with Crippen LogP contribution in [-0.2, 0) is 7.05 Å². The molecule has 3 N–H and O–H groups in total. The summed E-state index contributed by atoms with van der Waals surface area (Å²) in [6.45, 7) is -0.0247. The van der Waals surface area contributed by atoms with Crippen LogP contribution < -0.4 is 10.6 Å². The molecule has 166 valence electrons. The third-order valence-electron chi connectivity index (χ3n) is 5.00. The average molecular weight is 437 g/mol. The highest BCUT2D eigenvalue weighted by Gasteiger charge is 2.29. The lowest BCUT2D eigenvalue weighted by Gasteiger charge is -2.17. The minimum absolute atomic E-state index is 0.0872. The maximum absolute atomic E-state index is 13.2. The zero-order chi connectivity index (χ0) is 22.7. The third-order valence-corrected chi connectivity index (χ3v) is 5.00. The summed E-state index contributed by atoms with van der Waals surface area (Å²) >= 11 is 0. The highest BCUT2D eigenvalue weighted by atomic mass is 16.3. The summed E-state index contributed by atoms with van der Waals surface area (Å²) in [5, 5.41) is 19.0. The van der Waals surface area contributed by atoms with Crippen LogP contribution >= 0.6 is 0 Å². The van der Waals surface area contributed by atoms with E-state index < -0.39 is 5.91 Å². The molecule has 3 aromatic rings. The van der Waals surface area contributed by atoms with E-state index in [1.54, 1.807) is 32.7 Å². The summed E-state index contributed by atoms with van der Waals surface area (Å²) in [4.78, 5) is 44.2. The van der Waals surface area contributed by atoms with Gasteiger partial charge in [0.15, 0.2) is 11.5 Å². The first kappa shape index (κ1) is 21.3. The summed E-state index contributed by atoms with van der Waals surface area (Å²) in [7, 11) is 3.16. The summed E-state index contributed by atoms with van der Waals surface area (Å²) in [5.41, 5.74) is 1.81. The van der Waals surface area contributed by atoms with E-state index in [-0.39, 0.29) is 42.0 Å². The molecule has 0 aliphatic heterocycles. The van der Waals surface area contributed by atoms with Gasteiger partial charge in [0, 0.05) is 26.6 Å². The highest BCUT2D eigenvalue weighted by Crippen LogP contribution is 2.39. The van der Waals surface area contributed by atoms with E-state index in [2.05, 4.69) is 35.7 Å². The van der Waals surface area contributed by atoms with Gasteiger partial charge in [0.05, 0.1) is 48.5 Å². The predicted molar refractivity (Wildman–Crippen MR) is 115 cm³/mol. The smallest absolute Gasteiger partial charge is 0.278 e. The zero-order valence-corrected chi connectivity index (χ0v) is 17.7. The van der Waals surface area contributed by atoms with E-state index in [1.807, 2.05) is 0 Å². The van der Waals surface area contributed by atoms with E-state index in [0.29, 0.717) is 11.6 Å². The van der Waals surface area contributed by atoms with Gasteiger partial charge in [0.25, 0.3) is 11.8 Å². The van der Waals surface area contributed by atoms with Gasteiger partial charge in [-0.25, -0.2) is 19.9 Å². The maximum atomic E-state index is 13.2. The van der Waals surface area contributed by atoms with E-state index in [9.17, 15) is 9.59 Å². The standard InChI is InChI=1S/C20H23N9O3/c1-28(5-6-30)20(32)17-15(10-24-29(17)2)27-19(31)16-18(25-13-7-21-11-22-8-13)23-9-14(26-16)12-3-4-12/h7-12,30H,3-6H2,1-2H3,(H,23,25)(H,27,31). The summed E-state index contributed by atoms with van der Waals surface area (Å²) in [5.74, 6) is -0.375. The number of hydrogen-bond acceptors (Lipinski definition) is 9. The summed E-state index contributed by atoms with van der Waals surface area (Å²) in [6.07, 6.45) is 9.58. The van der Waals surface area contributed by atoms with Crippen LogP contribution in [0.4, 0.5) is 17.2 Å². The number of carbonyl (C=O) groups excluding carboxylic acids is 2. The molecule has 0 saturated heterocycles. The number of likely N-dealkylation sites (N-methyl/N-ethyl adjacent to an activating group) is 1. The van der Waals surface area contributed by atoms with Gasteiger partial charge in [-0.2, -0.15) is 5.10 Å². The molecule has 0 aromatic carbocycles. The van der Waals surface area contributed by atoms with Crippen LogP contribution in [-0.4, -0.2) is 71.7 Å². The number of aryl methyl sites for hydroxylation is 1. The van der Waals surface area contributed by atoms with Crippen LogP contribution in [0.5, 0.6) is 0 Å². The molecule has 3 aromatic heterocycles. The van der Waals surface area contributed by atoms with E-state index in [4.69, 9.17) is 5.11 Å². The van der Waals surface area contributed by atoms with Crippen molar-refractivity contribution in [3.63, 3.8) is 0 Å². The quantitative estimate of drug-likeness (QED) is 0.467. The SMILES string of the molecule is CN(CCO)C(=O)c1c(NC(=O)c2nc(C3CC3)cnc2Nc2cncnc2)cnn1C. The normalized spacial score (nSPS) is 13.0. The van der Waals surface area contributed by atoms with Crippen molar-refractivity contribution in [3.8, 4) is 0 Å². The lowest BCUT2D eigenvalue weighted by Crippen LogP contribution is -2.32. The van der Waals surface area contributed by atoms with Crippen molar-refractivity contribution in [1.29, 1.82) is 0 Å². The number of anilines is 3. The molecule has 2 amide bonds. The molecule has 1 saturated carbocycles. The van der Waals surface area contributed by atoms with Crippen molar-refractivity contribution in [1.82, 2.24) is 34.6 Å². The number of aliphatic hydroxyl groups excluding tert-OH is 1. The van der Waals surface area contributed by atoms with Crippen LogP contribution in [0.3, 0.4) is 0 Å². The minimum atomic E-state index is -0.536. The van der Waals surface area contributed by atoms with Crippen LogP contribution in [0.1, 0.15) is 45.4 Å². The van der Waals surface area contributed by atoms with Crippen LogP contribution in [0, 0.1) is 0 Å². The Hall–Kier alpha value is -3.93. The van der Waals surface area contributed by atoms with Crippen LogP contribution in [0.15, 0.2) is 31.1 Å². The Kier molecular flexibility index (Phi) is 6.03. The van der Waals surface area contributed by atoms with Gasteiger partial charge < -0.3 is 20.6 Å². The van der Waals surface area contributed by atoms with Gasteiger partial charge in [-0.15, -0.1) is 0 Å². The molecule has 0 atom stereocenters. The fourth-order valence-corrected chi connectivity index (χ4v) is 3.13. The predicted octanol–water partition coefficient (Wildman–Crippen LogP) is 0.938. The number of hydrogen-bond donors (Lipinski definition) is 3. The third kappa shape index (κ3) is 4.54. The molecular formula is C20H23N9O3. The lowest BCUT2D eigenvalue weighted by atomic mass is 10.2. The Morgan fingerprint density at radius 3 is 2.66 bits per heavy atom. The lowest BCUT2D eigenvalue weighted by molar-refractivity contribution is 0.0757. The summed E-state index contributed by atoms with van der Waals surface area (Å²) in [6, 6.07) is 0. The van der Waals surface area contributed by atoms with Crippen molar-refractivity contribution >= 4 is 29.0 Å². The first-order chi connectivity index (χ1) is 15.5. The van der Waals surface area contributed by atoms with Crippen LogP contribution in [0.2, 0.25) is 0 Å². The molecular weight excluding hydrogens is 414 g/mol. The van der Waals surface area contributed by atoms with Crippen molar-refractivity contribution < 1.29 is 14.7 Å². The maximum Gasteiger partial charge on any atom is 0.278 e. The van der Waals surface area contributed by atoms with E-state index >= 15 is 0 Å². The Labute approximate surface area is 183 Å². The molecule has 32 heavy (non-hydrogen) atoms. The first-order valence-electron chi connectivity index (χ1n) is 10.1. The van der Waals surface area contributed by atoms with Crippen molar-refractivity contribution in [2.45, 2.75) is 18.8 Å². The molecule has 0 unspecified atom stereocenters. The second-order valence-electron chi connectivity index (χ2n) is 7.45. The Morgan fingerprint density at radius 1 is 1.22 bits per heavy atom. The molecule has 0 radical (unpaired) electrons. The largest absolute Gasteiger partial charge is 0.395 e. The fraction of sp³-hybridized carbons (Fsp3) is 0.350. The second kappa shape index (κ2) is 9.06. The fourth-order valence-electron chi connectivity index (χ4n) is 3.13. The Morgan fingerprint density at radius 2 is 1.97 bits per heavy atom. The monoisotopic (exact) mass is 437 g/mol. The van der Waals surface area contributed by atoms with Crippen molar-refractivity contribution in [3.05, 3.63) is 48.2 Å². The molecule has 1 aliphatic carbocycles. The Bertz CT molecular complexity index is 1130. The molecule has 1 fully saturated rings. The highest BCUT2D eigenvalue weighted by molar-refractivity contribution is 6.09. The Balaban J connectivity index is 1.63. The second-order valence-corrected chi connectivity index (χ2v) is 7.45. The van der Waals surface area contributed by atoms with Crippen molar-refractivity contribution in [2.24, 2.45) is 7.05 Å². The molecule has 1 aliphatic rings. The average Bonchev–Trinajstić information content (AvgIpc) is 3.58. The number of carbonyl (C=O) groups is 2. The summed E-state index contributed by atoms with van der Waals surface area (Å²) < 4.78 is 1.37. The van der Waals surface area contributed by atoms with Gasteiger partial charge in [0.1, 0.15) is 12.0 Å². The first-order valence-corrected chi connectivity index (χ1v) is 10.1. The van der Waals surface area contributed by atoms with Crippen molar-refractivity contribution in [2.75, 3.05) is 30.8 Å². The van der Waals surface area contributed by atoms with Gasteiger partial charge in [0.2, 0.25) is 0 Å². The minimum Gasteiger partial charge on any atom is -0.395 e. The van der Waals surface area contributed by atoms with Gasteiger partial charge in [-0.3, -0.25) is 14.3 Å². The zero-order valence-electron chi connectivity index (χ0n) is 17.7. The molecule has 12 heteroatoms. The molecule has 0 spiro atoms. The van der Waals surface area contributed by atoms with Crippen LogP contribution in [0.25, 0.3) is 0 Å². The van der Waals surface area contributed by atoms with E-state index in [0.717, 1.165) is 18.5 Å². The number of nitrogens with zero attached hydrogens (tertiary/aromatic N) is 7. The number of nitrogens with one attached hydrogen (secondary N) is 2. The number of rotatable bonds is 8. The number of amides is 2. The molecule has 0 bridgehead atoms. The number of aromatic nitrogens is 6. The molecule has 3 heterocycles. The van der Waals surface area contributed by atoms with Gasteiger partial charge >= 0.3 is 0 Å². The number of aliphatic hydroxyl groups is 1. The van der Waals surface area contributed by atoms with Gasteiger partial charge in [-0.1, -0.05) is 0 Å². The molecule has 12 nitrogen and oxygen atoms in total. The topological polar surface area (TPSA) is 151 Å².